The Morgan fingerprint density at radius 2 is 1.59 bits per heavy atom. The van der Waals surface area contributed by atoms with Crippen LogP contribution in [-0.2, 0) is 14.2 Å². The van der Waals surface area contributed by atoms with Crippen LogP contribution in [0.2, 0.25) is 0 Å². The summed E-state index contributed by atoms with van der Waals surface area (Å²) in [6, 6.07) is 0. The third kappa shape index (κ3) is 6.49. The SMILES string of the molecule is CC(C)(C)OC(=O)OC1CN(C(=O)OC(C)(C)C)CCC1F. The van der Waals surface area contributed by atoms with Crippen molar-refractivity contribution in [1.82, 2.24) is 4.90 Å². The Balaban J connectivity index is 2.60. The van der Waals surface area contributed by atoms with E-state index >= 15 is 0 Å². The largest absolute Gasteiger partial charge is 0.509 e. The van der Waals surface area contributed by atoms with E-state index in [4.69, 9.17) is 14.2 Å². The molecule has 1 amide bonds. The summed E-state index contributed by atoms with van der Waals surface area (Å²) in [4.78, 5) is 25.0. The predicted octanol–water partition coefficient (Wildman–Crippen LogP) is 3.29. The van der Waals surface area contributed by atoms with Gasteiger partial charge in [0.15, 0.2) is 6.10 Å². The van der Waals surface area contributed by atoms with Crippen molar-refractivity contribution in [3.8, 4) is 0 Å². The number of likely N-dealkylation sites (tertiary alicyclic amines) is 1. The topological polar surface area (TPSA) is 65.1 Å². The minimum absolute atomic E-state index is 0.0463. The Morgan fingerprint density at radius 1 is 1.05 bits per heavy atom. The minimum Gasteiger partial charge on any atom is -0.444 e. The zero-order valence-corrected chi connectivity index (χ0v) is 14.1. The van der Waals surface area contributed by atoms with E-state index in [0.717, 1.165) is 0 Å². The first-order valence-corrected chi connectivity index (χ1v) is 7.39. The van der Waals surface area contributed by atoms with Gasteiger partial charge in [-0.3, -0.25) is 0 Å². The van der Waals surface area contributed by atoms with Gasteiger partial charge in [0.1, 0.15) is 17.4 Å². The Morgan fingerprint density at radius 3 is 2.09 bits per heavy atom. The van der Waals surface area contributed by atoms with Gasteiger partial charge in [-0.15, -0.1) is 0 Å². The summed E-state index contributed by atoms with van der Waals surface area (Å²) in [7, 11) is 0. The van der Waals surface area contributed by atoms with E-state index in [2.05, 4.69) is 0 Å². The van der Waals surface area contributed by atoms with Crippen molar-refractivity contribution in [2.45, 2.75) is 71.4 Å². The van der Waals surface area contributed by atoms with Crippen molar-refractivity contribution in [3.05, 3.63) is 0 Å². The summed E-state index contributed by atoms with van der Waals surface area (Å²) in [6.45, 7) is 10.5. The number of ether oxygens (including phenoxy) is 3. The third-order valence-electron chi connectivity index (χ3n) is 2.77. The molecule has 7 heteroatoms. The third-order valence-corrected chi connectivity index (χ3v) is 2.77. The van der Waals surface area contributed by atoms with Crippen molar-refractivity contribution in [3.63, 3.8) is 0 Å². The maximum Gasteiger partial charge on any atom is 0.509 e. The Kier molecular flexibility index (Phi) is 5.65. The average molecular weight is 319 g/mol. The molecule has 0 radical (unpaired) electrons. The van der Waals surface area contributed by atoms with Crippen LogP contribution in [0.25, 0.3) is 0 Å². The molecule has 0 aromatic heterocycles. The molecule has 0 aromatic carbocycles. The molecule has 0 bridgehead atoms. The van der Waals surface area contributed by atoms with Gasteiger partial charge in [-0.25, -0.2) is 14.0 Å². The number of alkyl halides is 1. The number of amides is 1. The van der Waals surface area contributed by atoms with E-state index in [1.807, 2.05) is 0 Å². The van der Waals surface area contributed by atoms with Gasteiger partial charge in [-0.2, -0.15) is 0 Å². The standard InChI is InChI=1S/C15H26FNO5/c1-14(2,3)21-12(18)17-8-7-10(16)11(9-17)20-13(19)22-15(4,5)6/h10-11H,7-9H2,1-6H3. The molecule has 1 aliphatic heterocycles. The highest BCUT2D eigenvalue weighted by Crippen LogP contribution is 2.21. The van der Waals surface area contributed by atoms with Crippen molar-refractivity contribution in [2.75, 3.05) is 13.1 Å². The minimum atomic E-state index is -1.33. The molecule has 1 aliphatic rings. The summed E-state index contributed by atoms with van der Waals surface area (Å²) in [5, 5.41) is 0. The first kappa shape index (κ1) is 18.5. The molecule has 0 aromatic rings. The molecule has 128 valence electrons. The zero-order chi connectivity index (χ0) is 17.1. The number of hydrogen-bond acceptors (Lipinski definition) is 5. The number of carbonyl (C=O) groups is 2. The van der Waals surface area contributed by atoms with Gasteiger partial charge in [-0.05, 0) is 41.5 Å². The van der Waals surface area contributed by atoms with E-state index in [1.54, 1.807) is 41.5 Å². The molecule has 1 fully saturated rings. The lowest BCUT2D eigenvalue weighted by atomic mass is 10.1. The summed E-state index contributed by atoms with van der Waals surface area (Å²) in [5.74, 6) is 0. The highest BCUT2D eigenvalue weighted by Gasteiger charge is 2.36. The van der Waals surface area contributed by atoms with Crippen LogP contribution in [0.1, 0.15) is 48.0 Å². The fourth-order valence-corrected chi connectivity index (χ4v) is 1.89. The Labute approximate surface area is 130 Å². The van der Waals surface area contributed by atoms with Gasteiger partial charge >= 0.3 is 12.2 Å². The number of nitrogens with zero attached hydrogens (tertiary/aromatic N) is 1. The van der Waals surface area contributed by atoms with Gasteiger partial charge in [0.05, 0.1) is 6.54 Å². The molecular weight excluding hydrogens is 293 g/mol. The van der Waals surface area contributed by atoms with E-state index in [-0.39, 0.29) is 19.5 Å². The number of hydrogen-bond donors (Lipinski definition) is 0. The van der Waals surface area contributed by atoms with Gasteiger partial charge in [0, 0.05) is 13.0 Å². The maximum atomic E-state index is 13.9. The predicted molar refractivity (Wildman–Crippen MR) is 78.4 cm³/mol. The number of rotatable bonds is 1. The first-order chi connectivity index (χ1) is 9.87. The molecule has 22 heavy (non-hydrogen) atoms. The molecule has 0 aliphatic carbocycles. The summed E-state index contributed by atoms with van der Waals surface area (Å²) in [5.41, 5.74) is -1.35. The summed E-state index contributed by atoms with van der Waals surface area (Å²) < 4.78 is 29.2. The van der Waals surface area contributed by atoms with Crippen molar-refractivity contribution >= 4 is 12.2 Å². The molecule has 2 unspecified atom stereocenters. The van der Waals surface area contributed by atoms with Crippen LogP contribution in [-0.4, -0.2) is 53.7 Å². The summed E-state index contributed by atoms with van der Waals surface area (Å²) >= 11 is 0. The van der Waals surface area contributed by atoms with Crippen LogP contribution in [0, 0.1) is 0 Å². The normalized spacial score (nSPS) is 23.0. The summed E-state index contributed by atoms with van der Waals surface area (Å²) in [6.07, 6.45) is -3.77. The van der Waals surface area contributed by atoms with Crippen molar-refractivity contribution in [2.24, 2.45) is 0 Å². The van der Waals surface area contributed by atoms with Gasteiger partial charge in [0.2, 0.25) is 0 Å². The van der Waals surface area contributed by atoms with E-state index in [9.17, 15) is 14.0 Å². The highest BCUT2D eigenvalue weighted by atomic mass is 19.1. The average Bonchev–Trinajstić information content (AvgIpc) is 2.27. The van der Waals surface area contributed by atoms with Crippen LogP contribution in [0.4, 0.5) is 14.0 Å². The highest BCUT2D eigenvalue weighted by molar-refractivity contribution is 5.68. The molecule has 0 N–H and O–H groups in total. The Hall–Kier alpha value is -1.53. The second-order valence-corrected chi connectivity index (χ2v) is 7.35. The van der Waals surface area contributed by atoms with E-state index < -0.39 is 35.7 Å². The fourth-order valence-electron chi connectivity index (χ4n) is 1.89. The van der Waals surface area contributed by atoms with Crippen LogP contribution in [0.15, 0.2) is 0 Å². The lowest BCUT2D eigenvalue weighted by Gasteiger charge is -2.35. The monoisotopic (exact) mass is 319 g/mol. The lowest BCUT2D eigenvalue weighted by molar-refractivity contribution is -0.0680. The number of piperidine rings is 1. The molecule has 0 spiro atoms. The molecule has 1 heterocycles. The van der Waals surface area contributed by atoms with E-state index in [1.165, 1.54) is 4.90 Å². The quantitative estimate of drug-likeness (QED) is 0.694. The number of carbonyl (C=O) groups excluding carboxylic acids is 2. The van der Waals surface area contributed by atoms with Gasteiger partial charge in [0.25, 0.3) is 0 Å². The second kappa shape index (κ2) is 6.71. The first-order valence-electron chi connectivity index (χ1n) is 7.39. The smallest absolute Gasteiger partial charge is 0.444 e. The van der Waals surface area contributed by atoms with Crippen LogP contribution in [0.3, 0.4) is 0 Å². The maximum absolute atomic E-state index is 13.9. The molecule has 2 atom stereocenters. The molecular formula is C15H26FNO5. The van der Waals surface area contributed by atoms with Crippen molar-refractivity contribution < 1.29 is 28.2 Å². The van der Waals surface area contributed by atoms with Gasteiger partial charge in [-0.1, -0.05) is 0 Å². The molecule has 0 saturated carbocycles. The molecule has 1 rings (SSSR count). The van der Waals surface area contributed by atoms with Crippen LogP contribution >= 0.6 is 0 Å². The fraction of sp³-hybridized carbons (Fsp3) is 0.867. The second-order valence-electron chi connectivity index (χ2n) is 7.35. The Bertz CT molecular complexity index is 413. The molecule has 6 nitrogen and oxygen atoms in total. The van der Waals surface area contributed by atoms with Crippen LogP contribution in [0.5, 0.6) is 0 Å². The number of halogens is 1. The lowest BCUT2D eigenvalue weighted by Crippen LogP contribution is -2.50. The van der Waals surface area contributed by atoms with Crippen molar-refractivity contribution in [1.29, 1.82) is 0 Å². The van der Waals surface area contributed by atoms with E-state index in [0.29, 0.717) is 0 Å². The van der Waals surface area contributed by atoms with Gasteiger partial charge < -0.3 is 19.1 Å². The van der Waals surface area contributed by atoms with Crippen LogP contribution < -0.4 is 0 Å². The molecule has 1 saturated heterocycles. The zero-order valence-electron chi connectivity index (χ0n) is 14.1.